The Morgan fingerprint density at radius 3 is 2.82 bits per heavy atom. The molecule has 96 valence electrons. The van der Waals surface area contributed by atoms with Gasteiger partial charge in [0, 0.05) is 17.7 Å². The zero-order chi connectivity index (χ0) is 12.9. The molecule has 1 heterocycles. The molecule has 1 rings (SSSR count). The van der Waals surface area contributed by atoms with Crippen molar-refractivity contribution in [3.8, 4) is 0 Å². The van der Waals surface area contributed by atoms with Crippen LogP contribution in [-0.2, 0) is 21.1 Å². The first-order chi connectivity index (χ1) is 7.93. The van der Waals surface area contributed by atoms with Gasteiger partial charge in [0.05, 0.1) is 17.9 Å². The number of nitrogen functional groups attached to an aromatic ring is 1. The minimum Gasteiger partial charge on any atom is -0.375 e. The minimum atomic E-state index is -3.03. The Morgan fingerprint density at radius 2 is 2.29 bits per heavy atom. The average molecular weight is 277 g/mol. The van der Waals surface area contributed by atoms with Gasteiger partial charge in [0.2, 0.25) is 5.91 Å². The Bertz CT molecular complexity index is 481. The number of carbonyl (C=O) groups is 1. The van der Waals surface area contributed by atoms with Gasteiger partial charge in [0.1, 0.15) is 0 Å². The maximum atomic E-state index is 11.4. The van der Waals surface area contributed by atoms with E-state index in [1.165, 1.54) is 11.3 Å². The number of carbonyl (C=O) groups excluding carboxylic acids is 1. The molecule has 0 aliphatic carbocycles. The summed E-state index contributed by atoms with van der Waals surface area (Å²) in [5.41, 5.74) is 6.03. The molecule has 0 saturated heterocycles. The molecule has 0 spiro atoms. The molecular weight excluding hydrogens is 262 g/mol. The van der Waals surface area contributed by atoms with E-state index in [2.05, 4.69) is 10.3 Å². The summed E-state index contributed by atoms with van der Waals surface area (Å²) in [6.45, 7) is 1.71. The van der Waals surface area contributed by atoms with Gasteiger partial charge in [0.15, 0.2) is 15.0 Å². The molecule has 6 nitrogen and oxygen atoms in total. The van der Waals surface area contributed by atoms with Gasteiger partial charge in [-0.25, -0.2) is 13.4 Å². The first-order valence-corrected chi connectivity index (χ1v) is 7.80. The van der Waals surface area contributed by atoms with Gasteiger partial charge in [-0.15, -0.1) is 11.3 Å². The van der Waals surface area contributed by atoms with E-state index in [0.717, 1.165) is 0 Å². The van der Waals surface area contributed by atoms with Crippen molar-refractivity contribution < 1.29 is 13.2 Å². The molecule has 17 heavy (non-hydrogen) atoms. The van der Waals surface area contributed by atoms with Gasteiger partial charge in [-0.05, 0) is 0 Å². The van der Waals surface area contributed by atoms with Gasteiger partial charge in [-0.1, -0.05) is 6.92 Å². The lowest BCUT2D eigenvalue weighted by molar-refractivity contribution is -0.120. The Morgan fingerprint density at radius 1 is 1.59 bits per heavy atom. The highest BCUT2D eigenvalue weighted by Gasteiger charge is 2.09. The maximum Gasteiger partial charge on any atom is 0.226 e. The largest absolute Gasteiger partial charge is 0.375 e. The van der Waals surface area contributed by atoms with Crippen LogP contribution in [0.3, 0.4) is 0 Å². The van der Waals surface area contributed by atoms with E-state index < -0.39 is 9.84 Å². The number of aromatic nitrogens is 1. The molecule has 0 bridgehead atoms. The number of thiazole rings is 1. The number of nitrogens with one attached hydrogen (secondary N) is 1. The van der Waals surface area contributed by atoms with E-state index in [1.54, 1.807) is 12.3 Å². The molecule has 1 aromatic rings. The van der Waals surface area contributed by atoms with Crippen LogP contribution in [0.4, 0.5) is 5.13 Å². The highest BCUT2D eigenvalue weighted by atomic mass is 32.2. The normalized spacial score (nSPS) is 11.4. The predicted molar refractivity (Wildman–Crippen MR) is 67.6 cm³/mol. The van der Waals surface area contributed by atoms with E-state index >= 15 is 0 Å². The van der Waals surface area contributed by atoms with Crippen LogP contribution < -0.4 is 11.1 Å². The fraction of sp³-hybridized carbons (Fsp3) is 0.556. The first-order valence-electron chi connectivity index (χ1n) is 5.10. The second-order valence-corrected chi connectivity index (χ2v) is 6.80. The Labute approximate surface area is 104 Å². The summed E-state index contributed by atoms with van der Waals surface area (Å²) in [7, 11) is -3.03. The highest BCUT2D eigenvalue weighted by molar-refractivity contribution is 7.91. The summed E-state index contributed by atoms with van der Waals surface area (Å²) in [5.74, 6) is -0.193. The second kappa shape index (κ2) is 5.97. The van der Waals surface area contributed by atoms with Gasteiger partial charge in [-0.3, -0.25) is 4.79 Å². The predicted octanol–water partition coefficient (Wildman–Crippen LogP) is -0.181. The van der Waals surface area contributed by atoms with Crippen molar-refractivity contribution >= 4 is 32.2 Å². The molecule has 3 N–H and O–H groups in total. The molecule has 0 aliphatic rings. The minimum absolute atomic E-state index is 0.0333. The van der Waals surface area contributed by atoms with Gasteiger partial charge in [0.25, 0.3) is 0 Å². The van der Waals surface area contributed by atoms with Crippen molar-refractivity contribution in [2.24, 2.45) is 0 Å². The van der Waals surface area contributed by atoms with Crippen LogP contribution in [-0.4, -0.2) is 37.4 Å². The van der Waals surface area contributed by atoms with Crippen LogP contribution >= 0.6 is 11.3 Å². The standard InChI is InChI=1S/C9H15N3O3S2/c1-2-17(14,15)4-3-11-8(13)5-7-6-16-9(10)12-7/h6H,2-5H2,1H3,(H2,10,12)(H,11,13). The van der Waals surface area contributed by atoms with Crippen molar-refractivity contribution in [1.82, 2.24) is 10.3 Å². The molecule has 0 radical (unpaired) electrons. The number of hydrogen-bond donors (Lipinski definition) is 2. The fourth-order valence-electron chi connectivity index (χ4n) is 1.12. The molecule has 0 atom stereocenters. The monoisotopic (exact) mass is 277 g/mol. The van der Waals surface area contributed by atoms with E-state index in [9.17, 15) is 13.2 Å². The van der Waals surface area contributed by atoms with Gasteiger partial charge < -0.3 is 11.1 Å². The van der Waals surface area contributed by atoms with E-state index in [4.69, 9.17) is 5.73 Å². The zero-order valence-electron chi connectivity index (χ0n) is 9.47. The average Bonchev–Trinajstić information content (AvgIpc) is 2.63. The third-order valence-electron chi connectivity index (χ3n) is 2.09. The van der Waals surface area contributed by atoms with Crippen molar-refractivity contribution in [3.63, 3.8) is 0 Å². The number of sulfone groups is 1. The van der Waals surface area contributed by atoms with Crippen LogP contribution in [0.1, 0.15) is 12.6 Å². The molecular formula is C9H15N3O3S2. The van der Waals surface area contributed by atoms with Crippen LogP contribution in [0.25, 0.3) is 0 Å². The lowest BCUT2D eigenvalue weighted by Crippen LogP contribution is -2.30. The first kappa shape index (κ1) is 13.9. The van der Waals surface area contributed by atoms with Crippen molar-refractivity contribution in [2.45, 2.75) is 13.3 Å². The van der Waals surface area contributed by atoms with Crippen LogP contribution in [0.5, 0.6) is 0 Å². The molecule has 1 aromatic heterocycles. The van der Waals surface area contributed by atoms with E-state index in [-0.39, 0.29) is 30.4 Å². The number of nitrogens with zero attached hydrogens (tertiary/aromatic N) is 1. The number of amides is 1. The third kappa shape index (κ3) is 5.14. The second-order valence-electron chi connectivity index (χ2n) is 3.44. The quantitative estimate of drug-likeness (QED) is 0.751. The van der Waals surface area contributed by atoms with Gasteiger partial charge >= 0.3 is 0 Å². The number of anilines is 1. The summed E-state index contributed by atoms with van der Waals surface area (Å²) in [6.07, 6.45) is 0.125. The molecule has 1 amide bonds. The summed E-state index contributed by atoms with van der Waals surface area (Å²) in [6, 6.07) is 0. The lowest BCUT2D eigenvalue weighted by Gasteiger charge is -2.03. The van der Waals surface area contributed by atoms with Crippen LogP contribution in [0.2, 0.25) is 0 Å². The van der Waals surface area contributed by atoms with Crippen molar-refractivity contribution in [2.75, 3.05) is 23.8 Å². The fourth-order valence-corrected chi connectivity index (χ4v) is 2.39. The summed E-state index contributed by atoms with van der Waals surface area (Å²) >= 11 is 1.27. The van der Waals surface area contributed by atoms with Gasteiger partial charge in [-0.2, -0.15) is 0 Å². The highest BCUT2D eigenvalue weighted by Crippen LogP contribution is 2.11. The number of nitrogens with two attached hydrogens (primary N) is 1. The Hall–Kier alpha value is -1.15. The van der Waals surface area contributed by atoms with E-state index in [1.807, 2.05) is 0 Å². The molecule has 0 saturated carbocycles. The van der Waals surface area contributed by atoms with Crippen LogP contribution in [0, 0.1) is 0 Å². The third-order valence-corrected chi connectivity index (χ3v) is 4.51. The number of hydrogen-bond acceptors (Lipinski definition) is 6. The number of rotatable bonds is 6. The summed E-state index contributed by atoms with van der Waals surface area (Å²) in [4.78, 5) is 15.4. The van der Waals surface area contributed by atoms with Crippen molar-refractivity contribution in [3.05, 3.63) is 11.1 Å². The SMILES string of the molecule is CCS(=O)(=O)CCNC(=O)Cc1csc(N)n1. The Balaban J connectivity index is 2.31. The topological polar surface area (TPSA) is 102 Å². The zero-order valence-corrected chi connectivity index (χ0v) is 11.1. The van der Waals surface area contributed by atoms with E-state index in [0.29, 0.717) is 10.8 Å². The maximum absolute atomic E-state index is 11.4. The molecule has 0 aliphatic heterocycles. The summed E-state index contributed by atoms with van der Waals surface area (Å²) in [5, 5.41) is 4.66. The smallest absolute Gasteiger partial charge is 0.226 e. The van der Waals surface area contributed by atoms with Crippen molar-refractivity contribution in [1.29, 1.82) is 0 Å². The lowest BCUT2D eigenvalue weighted by atomic mass is 10.3. The molecule has 0 fully saturated rings. The molecule has 8 heteroatoms. The summed E-state index contributed by atoms with van der Waals surface area (Å²) < 4.78 is 22.3. The Kier molecular flexibility index (Phi) is 4.88. The molecule has 0 unspecified atom stereocenters. The van der Waals surface area contributed by atoms with Crippen LogP contribution in [0.15, 0.2) is 5.38 Å². The molecule has 0 aromatic carbocycles.